The van der Waals surface area contributed by atoms with Gasteiger partial charge in [-0.3, -0.25) is 0 Å². The number of benzene rings is 9. The number of amidine groups is 1. The van der Waals surface area contributed by atoms with E-state index in [-0.39, 0.29) is 0 Å². The summed E-state index contributed by atoms with van der Waals surface area (Å²) in [6.45, 7) is 3.90. The van der Waals surface area contributed by atoms with E-state index in [1.165, 1.54) is 54.8 Å². The second-order valence-corrected chi connectivity index (χ2v) is 15.8. The summed E-state index contributed by atoms with van der Waals surface area (Å²) in [5.74, 6) is 0.590. The molecule has 0 N–H and O–H groups in total. The first-order chi connectivity index (χ1) is 31.2. The number of aromatic nitrogens is 2. The van der Waals surface area contributed by atoms with E-state index < -0.39 is 0 Å². The second kappa shape index (κ2) is 16.3. The summed E-state index contributed by atoms with van der Waals surface area (Å²) in [5.41, 5.74) is 15.6. The van der Waals surface area contributed by atoms with Crippen molar-refractivity contribution in [2.45, 2.75) is 6.42 Å². The third-order valence-corrected chi connectivity index (χ3v) is 12.1. The Morgan fingerprint density at radius 3 is 1.79 bits per heavy atom. The summed E-state index contributed by atoms with van der Waals surface area (Å²) < 4.78 is 4.81. The van der Waals surface area contributed by atoms with E-state index in [1.54, 1.807) is 0 Å². The van der Waals surface area contributed by atoms with E-state index >= 15 is 0 Å². The zero-order valence-electron chi connectivity index (χ0n) is 34.6. The van der Waals surface area contributed by atoms with Gasteiger partial charge in [0.15, 0.2) is 5.84 Å². The second-order valence-electron chi connectivity index (χ2n) is 15.8. The van der Waals surface area contributed by atoms with Gasteiger partial charge in [0, 0.05) is 44.0 Å². The molecule has 0 aliphatic carbocycles. The largest absolute Gasteiger partial charge is 0.309 e. The summed E-state index contributed by atoms with van der Waals surface area (Å²) in [6, 6.07) is 79.9. The molecule has 0 bridgehead atoms. The maximum atomic E-state index is 5.15. The molecule has 0 fully saturated rings. The van der Waals surface area contributed by atoms with E-state index in [2.05, 4.69) is 215 Å². The SMILES string of the molecule is C=N/C(=N\C(=C/Cc1ccccc1)c1cccc(-c2ccc3c4ccccc4n(-c4cccc(-c5cccc6c5c5ccccc5n6-c5ccccc5)c4)c3c2)c1)c1ccccc1. The van der Waals surface area contributed by atoms with Crippen molar-refractivity contribution < 1.29 is 0 Å². The Bertz CT molecular complexity index is 3540. The van der Waals surface area contributed by atoms with Gasteiger partial charge in [-0.05, 0) is 95.6 Å². The van der Waals surface area contributed by atoms with Crippen molar-refractivity contribution in [2.24, 2.45) is 9.98 Å². The number of fused-ring (bicyclic) bond motifs is 6. The maximum absolute atomic E-state index is 5.15. The topological polar surface area (TPSA) is 34.6 Å². The highest BCUT2D eigenvalue weighted by atomic mass is 15.0. The minimum Gasteiger partial charge on any atom is -0.309 e. The monoisotopic (exact) mass is 806 g/mol. The van der Waals surface area contributed by atoms with Gasteiger partial charge in [-0.15, -0.1) is 0 Å². The van der Waals surface area contributed by atoms with Crippen LogP contribution in [0.5, 0.6) is 0 Å². The Morgan fingerprint density at radius 2 is 1.00 bits per heavy atom. The minimum atomic E-state index is 0.590. The predicted octanol–water partition coefficient (Wildman–Crippen LogP) is 14.9. The van der Waals surface area contributed by atoms with Crippen LogP contribution in [-0.4, -0.2) is 21.7 Å². The number of hydrogen-bond acceptors (Lipinski definition) is 1. The lowest BCUT2D eigenvalue weighted by atomic mass is 9.98. The van der Waals surface area contributed by atoms with Crippen molar-refractivity contribution in [3.8, 4) is 33.6 Å². The summed E-state index contributed by atoms with van der Waals surface area (Å²) in [7, 11) is 0. The van der Waals surface area contributed by atoms with Crippen LogP contribution < -0.4 is 0 Å². The molecule has 298 valence electrons. The lowest BCUT2D eigenvalue weighted by molar-refractivity contribution is 1.18. The molecule has 4 heteroatoms. The molecule has 0 aliphatic rings. The first-order valence-corrected chi connectivity index (χ1v) is 21.4. The third-order valence-electron chi connectivity index (χ3n) is 12.1. The van der Waals surface area contributed by atoms with Crippen molar-refractivity contribution in [1.82, 2.24) is 9.13 Å². The maximum Gasteiger partial charge on any atom is 0.159 e. The lowest BCUT2D eigenvalue weighted by Gasteiger charge is -2.13. The van der Waals surface area contributed by atoms with Gasteiger partial charge in [-0.1, -0.05) is 176 Å². The Kier molecular flexibility index (Phi) is 9.72. The van der Waals surface area contributed by atoms with Crippen LogP contribution in [0, 0.1) is 0 Å². The van der Waals surface area contributed by atoms with Crippen LogP contribution in [0.25, 0.3) is 82.9 Å². The molecule has 0 saturated heterocycles. The van der Waals surface area contributed by atoms with Crippen molar-refractivity contribution >= 4 is 61.9 Å². The van der Waals surface area contributed by atoms with E-state index in [0.29, 0.717) is 5.84 Å². The Morgan fingerprint density at radius 1 is 0.429 bits per heavy atom. The van der Waals surface area contributed by atoms with Crippen LogP contribution in [0.2, 0.25) is 0 Å². The molecule has 0 atom stereocenters. The minimum absolute atomic E-state index is 0.590. The fourth-order valence-electron chi connectivity index (χ4n) is 9.16. The van der Waals surface area contributed by atoms with Crippen molar-refractivity contribution in [3.05, 3.63) is 247 Å². The number of hydrogen-bond donors (Lipinski definition) is 0. The molecule has 0 amide bonds. The number of aliphatic imine (C=N–C) groups is 2. The first kappa shape index (κ1) is 37.6. The van der Waals surface area contributed by atoms with Crippen molar-refractivity contribution in [1.29, 1.82) is 0 Å². The standard InChI is InChI=1S/C59H42N4/c1-60-59(42-20-7-3-8-21-42)61-53(37-34-41-18-5-2-6-19-41)46-24-15-22-43(38-46)44-35-36-51-50-28-11-13-31-54(50)63(57(51)40-44)48-27-16-23-45(39-48)49-30-17-33-56-58(49)52-29-12-14-32-55(52)62(56)47-25-9-4-10-26-47/h2-33,35-40H,1,34H2/b53-37-,61-59-. The molecule has 0 radical (unpaired) electrons. The molecule has 2 heterocycles. The molecule has 0 unspecified atom stereocenters. The number of para-hydroxylation sites is 3. The molecule has 4 nitrogen and oxygen atoms in total. The Labute approximate surface area is 366 Å². The highest BCUT2D eigenvalue weighted by Crippen LogP contribution is 2.40. The molecule has 63 heavy (non-hydrogen) atoms. The van der Waals surface area contributed by atoms with Crippen LogP contribution in [-0.2, 0) is 6.42 Å². The molecular formula is C59H42N4. The zero-order valence-corrected chi connectivity index (χ0v) is 34.6. The van der Waals surface area contributed by atoms with Gasteiger partial charge in [-0.25, -0.2) is 9.98 Å². The highest BCUT2D eigenvalue weighted by molar-refractivity contribution is 6.16. The van der Waals surface area contributed by atoms with Crippen LogP contribution in [0.15, 0.2) is 241 Å². The summed E-state index contributed by atoms with van der Waals surface area (Å²) in [4.78, 5) is 9.52. The van der Waals surface area contributed by atoms with Crippen LogP contribution in [0.4, 0.5) is 0 Å². The summed E-state index contributed by atoms with van der Waals surface area (Å²) >= 11 is 0. The average molecular weight is 807 g/mol. The normalized spacial score (nSPS) is 12.1. The fraction of sp³-hybridized carbons (Fsp3) is 0.0169. The summed E-state index contributed by atoms with van der Waals surface area (Å²) in [6.07, 6.45) is 2.92. The number of nitrogens with zero attached hydrogens (tertiary/aromatic N) is 4. The Hall–Kier alpha value is -8.34. The average Bonchev–Trinajstić information content (AvgIpc) is 3.88. The zero-order chi connectivity index (χ0) is 42.1. The van der Waals surface area contributed by atoms with Gasteiger partial charge >= 0.3 is 0 Å². The third kappa shape index (κ3) is 6.94. The summed E-state index contributed by atoms with van der Waals surface area (Å²) in [5, 5.41) is 4.92. The van der Waals surface area contributed by atoms with Crippen LogP contribution in [0.1, 0.15) is 16.7 Å². The van der Waals surface area contributed by atoms with E-state index in [1.807, 2.05) is 36.4 Å². The van der Waals surface area contributed by atoms with Crippen molar-refractivity contribution in [2.75, 3.05) is 0 Å². The molecule has 0 spiro atoms. The van der Waals surface area contributed by atoms with Crippen molar-refractivity contribution in [3.63, 3.8) is 0 Å². The molecule has 0 aliphatic heterocycles. The highest BCUT2D eigenvalue weighted by Gasteiger charge is 2.18. The van der Waals surface area contributed by atoms with E-state index in [4.69, 9.17) is 4.99 Å². The molecule has 11 rings (SSSR count). The Balaban J connectivity index is 1.04. The van der Waals surface area contributed by atoms with E-state index in [9.17, 15) is 0 Å². The van der Waals surface area contributed by atoms with Gasteiger partial charge in [0.05, 0.1) is 27.8 Å². The molecular weight excluding hydrogens is 765 g/mol. The van der Waals surface area contributed by atoms with Crippen LogP contribution >= 0.6 is 0 Å². The molecule has 11 aromatic rings. The van der Waals surface area contributed by atoms with Crippen LogP contribution in [0.3, 0.4) is 0 Å². The van der Waals surface area contributed by atoms with Gasteiger partial charge in [-0.2, -0.15) is 0 Å². The van der Waals surface area contributed by atoms with Gasteiger partial charge < -0.3 is 9.13 Å². The smallest absolute Gasteiger partial charge is 0.159 e. The number of rotatable bonds is 9. The predicted molar refractivity (Wildman–Crippen MR) is 267 cm³/mol. The van der Waals surface area contributed by atoms with Gasteiger partial charge in [0.25, 0.3) is 0 Å². The molecule has 0 saturated carbocycles. The fourth-order valence-corrected chi connectivity index (χ4v) is 9.16. The van der Waals surface area contributed by atoms with Gasteiger partial charge in [0.2, 0.25) is 0 Å². The lowest BCUT2D eigenvalue weighted by Crippen LogP contribution is -1.98. The van der Waals surface area contributed by atoms with E-state index in [0.717, 1.165) is 51.3 Å². The molecule has 2 aromatic heterocycles. The molecule has 9 aromatic carbocycles. The first-order valence-electron chi connectivity index (χ1n) is 21.4. The quantitative estimate of drug-likeness (QED) is 0.103. The van der Waals surface area contributed by atoms with Gasteiger partial charge in [0.1, 0.15) is 0 Å². The number of allylic oxidation sites excluding steroid dienone is 1.